The first-order chi connectivity index (χ1) is 29.0. The zero-order valence-electron chi connectivity index (χ0n) is 39.8. The number of hydrogen-bond donors (Lipinski definition) is 0. The van der Waals surface area contributed by atoms with Gasteiger partial charge in [0.1, 0.15) is 13.2 Å². The van der Waals surface area contributed by atoms with Crippen LogP contribution in [0.2, 0.25) is 0 Å². The average Bonchev–Trinajstić information content (AvgIpc) is 3.23. The Morgan fingerprint density at radius 1 is 0.322 bits per heavy atom. The van der Waals surface area contributed by atoms with Crippen LogP contribution in [0.3, 0.4) is 0 Å². The van der Waals surface area contributed by atoms with Crippen LogP contribution in [0, 0.1) is 0 Å². The third-order valence-corrected chi connectivity index (χ3v) is 11.8. The summed E-state index contributed by atoms with van der Waals surface area (Å²) >= 11 is 0. The number of carbonyl (C=O) groups excluding carboxylic acids is 3. The van der Waals surface area contributed by atoms with Crippen LogP contribution in [0.25, 0.3) is 0 Å². The van der Waals surface area contributed by atoms with Gasteiger partial charge < -0.3 is 14.2 Å². The lowest BCUT2D eigenvalue weighted by atomic mass is 10.0. The van der Waals surface area contributed by atoms with Crippen molar-refractivity contribution in [3.05, 3.63) is 12.2 Å². The van der Waals surface area contributed by atoms with Crippen molar-refractivity contribution in [2.45, 2.75) is 297 Å². The summed E-state index contributed by atoms with van der Waals surface area (Å²) in [5.41, 5.74) is 0. The van der Waals surface area contributed by atoms with E-state index in [0.717, 1.165) is 64.2 Å². The Hall–Kier alpha value is -1.85. The number of carbonyl (C=O) groups is 3. The zero-order valence-corrected chi connectivity index (χ0v) is 39.8. The number of unbranched alkanes of at least 4 members (excludes halogenated alkanes) is 35. The molecule has 0 aromatic carbocycles. The van der Waals surface area contributed by atoms with Gasteiger partial charge in [-0.05, 0) is 44.9 Å². The predicted molar refractivity (Wildman–Crippen MR) is 252 cm³/mol. The van der Waals surface area contributed by atoms with Crippen LogP contribution in [0.4, 0.5) is 0 Å². The Bertz CT molecular complexity index is 916. The van der Waals surface area contributed by atoms with Crippen LogP contribution in [0.15, 0.2) is 12.2 Å². The highest BCUT2D eigenvalue weighted by Crippen LogP contribution is 2.16. The van der Waals surface area contributed by atoms with E-state index >= 15 is 0 Å². The minimum absolute atomic E-state index is 0.0683. The van der Waals surface area contributed by atoms with E-state index in [0.29, 0.717) is 19.3 Å². The molecule has 0 fully saturated rings. The summed E-state index contributed by atoms with van der Waals surface area (Å²) in [4.78, 5) is 37.9. The molecule has 6 heteroatoms. The summed E-state index contributed by atoms with van der Waals surface area (Å²) in [6, 6.07) is 0. The Morgan fingerprint density at radius 3 is 0.847 bits per heavy atom. The van der Waals surface area contributed by atoms with Crippen molar-refractivity contribution >= 4 is 17.9 Å². The topological polar surface area (TPSA) is 78.9 Å². The molecular formula is C53H100O6. The Labute approximate surface area is 367 Å². The molecule has 0 spiro atoms. The molecule has 0 bridgehead atoms. The minimum atomic E-state index is -0.766. The Morgan fingerprint density at radius 2 is 0.559 bits per heavy atom. The third-order valence-electron chi connectivity index (χ3n) is 11.8. The molecule has 0 aromatic rings. The van der Waals surface area contributed by atoms with E-state index in [9.17, 15) is 14.4 Å². The molecule has 0 N–H and O–H groups in total. The highest BCUT2D eigenvalue weighted by atomic mass is 16.6. The van der Waals surface area contributed by atoms with E-state index in [-0.39, 0.29) is 31.1 Å². The van der Waals surface area contributed by atoms with E-state index in [2.05, 4.69) is 32.9 Å². The summed E-state index contributed by atoms with van der Waals surface area (Å²) in [6.45, 7) is 6.64. The zero-order chi connectivity index (χ0) is 43.0. The van der Waals surface area contributed by atoms with Crippen LogP contribution < -0.4 is 0 Å². The molecule has 0 radical (unpaired) electrons. The fraction of sp³-hybridized carbons (Fsp3) is 0.906. The van der Waals surface area contributed by atoms with Gasteiger partial charge in [0.05, 0.1) is 0 Å². The monoisotopic (exact) mass is 833 g/mol. The normalized spacial score (nSPS) is 12.0. The van der Waals surface area contributed by atoms with Crippen molar-refractivity contribution in [3.63, 3.8) is 0 Å². The van der Waals surface area contributed by atoms with Gasteiger partial charge in [-0.2, -0.15) is 0 Å². The van der Waals surface area contributed by atoms with Gasteiger partial charge in [-0.25, -0.2) is 0 Å². The summed E-state index contributed by atoms with van der Waals surface area (Å²) in [6.07, 6.45) is 53.4. The van der Waals surface area contributed by atoms with Crippen LogP contribution in [-0.4, -0.2) is 37.2 Å². The van der Waals surface area contributed by atoms with E-state index < -0.39 is 6.10 Å². The number of rotatable bonds is 48. The van der Waals surface area contributed by atoms with Gasteiger partial charge in [0.15, 0.2) is 6.10 Å². The fourth-order valence-electron chi connectivity index (χ4n) is 7.79. The van der Waals surface area contributed by atoms with E-state index in [4.69, 9.17) is 14.2 Å². The van der Waals surface area contributed by atoms with Gasteiger partial charge >= 0.3 is 17.9 Å². The molecule has 1 atom stereocenters. The van der Waals surface area contributed by atoms with E-state index in [1.165, 1.54) is 186 Å². The fourth-order valence-corrected chi connectivity index (χ4v) is 7.79. The maximum Gasteiger partial charge on any atom is 0.306 e. The van der Waals surface area contributed by atoms with Crippen LogP contribution in [0.1, 0.15) is 290 Å². The van der Waals surface area contributed by atoms with Gasteiger partial charge in [0.2, 0.25) is 0 Å². The van der Waals surface area contributed by atoms with Crippen molar-refractivity contribution in [2.24, 2.45) is 0 Å². The first kappa shape index (κ1) is 57.1. The highest BCUT2D eigenvalue weighted by Gasteiger charge is 2.19. The van der Waals surface area contributed by atoms with Gasteiger partial charge in [-0.15, -0.1) is 0 Å². The van der Waals surface area contributed by atoms with Crippen molar-refractivity contribution in [2.75, 3.05) is 13.2 Å². The SMILES string of the molecule is CCCCCCC/C=C\CCCCCCCC(=O)O[C@H](COC(=O)CCCCCCCCCCC)COC(=O)CCCCCCCCCCCCCCCCCCCC. The molecule has 0 aromatic heterocycles. The summed E-state index contributed by atoms with van der Waals surface area (Å²) < 4.78 is 16.8. The largest absolute Gasteiger partial charge is 0.462 e. The van der Waals surface area contributed by atoms with Gasteiger partial charge in [-0.1, -0.05) is 238 Å². The summed E-state index contributed by atoms with van der Waals surface area (Å²) in [7, 11) is 0. The number of allylic oxidation sites excluding steroid dienone is 2. The quantitative estimate of drug-likeness (QED) is 0.0263. The number of hydrogen-bond acceptors (Lipinski definition) is 6. The molecule has 0 aliphatic heterocycles. The van der Waals surface area contributed by atoms with Crippen LogP contribution in [0.5, 0.6) is 0 Å². The maximum atomic E-state index is 12.8. The second-order valence-electron chi connectivity index (χ2n) is 17.8. The second kappa shape index (κ2) is 48.8. The summed E-state index contributed by atoms with van der Waals surface area (Å²) in [5, 5.41) is 0. The van der Waals surface area contributed by atoms with Crippen molar-refractivity contribution in [1.82, 2.24) is 0 Å². The molecular weight excluding hydrogens is 733 g/mol. The molecule has 59 heavy (non-hydrogen) atoms. The molecule has 0 heterocycles. The molecule has 0 aliphatic rings. The molecule has 0 rings (SSSR count). The smallest absolute Gasteiger partial charge is 0.306 e. The van der Waals surface area contributed by atoms with Crippen molar-refractivity contribution in [3.8, 4) is 0 Å². The van der Waals surface area contributed by atoms with Crippen molar-refractivity contribution in [1.29, 1.82) is 0 Å². The van der Waals surface area contributed by atoms with Gasteiger partial charge in [0.25, 0.3) is 0 Å². The molecule has 348 valence electrons. The highest BCUT2D eigenvalue weighted by molar-refractivity contribution is 5.71. The third kappa shape index (κ3) is 47.1. The van der Waals surface area contributed by atoms with Crippen molar-refractivity contribution < 1.29 is 28.6 Å². The molecule has 0 amide bonds. The van der Waals surface area contributed by atoms with Crippen LogP contribution >= 0.6 is 0 Å². The Balaban J connectivity index is 4.25. The Kier molecular flexibility index (Phi) is 47.3. The number of ether oxygens (including phenoxy) is 3. The minimum Gasteiger partial charge on any atom is -0.462 e. The molecule has 0 unspecified atom stereocenters. The van der Waals surface area contributed by atoms with Gasteiger partial charge in [0, 0.05) is 19.3 Å². The second-order valence-corrected chi connectivity index (χ2v) is 17.8. The summed E-state index contributed by atoms with van der Waals surface area (Å²) in [5.74, 6) is -0.863. The first-order valence-corrected chi connectivity index (χ1v) is 26.2. The van der Waals surface area contributed by atoms with E-state index in [1.54, 1.807) is 0 Å². The van der Waals surface area contributed by atoms with Gasteiger partial charge in [-0.3, -0.25) is 14.4 Å². The predicted octanol–water partition coefficient (Wildman–Crippen LogP) is 17.0. The lowest BCUT2D eigenvalue weighted by Crippen LogP contribution is -2.30. The molecule has 0 saturated heterocycles. The lowest BCUT2D eigenvalue weighted by Gasteiger charge is -2.18. The first-order valence-electron chi connectivity index (χ1n) is 26.2. The average molecular weight is 833 g/mol. The van der Waals surface area contributed by atoms with E-state index in [1.807, 2.05) is 0 Å². The van der Waals surface area contributed by atoms with Crippen LogP contribution in [-0.2, 0) is 28.6 Å². The molecule has 0 aliphatic carbocycles. The molecule has 6 nitrogen and oxygen atoms in total. The maximum absolute atomic E-state index is 12.8. The molecule has 0 saturated carbocycles. The number of esters is 3. The lowest BCUT2D eigenvalue weighted by molar-refractivity contribution is -0.167. The standard InChI is InChI=1S/C53H100O6/c1-4-7-10-13-16-19-21-23-25-26-27-28-30-31-34-37-40-43-46-52(55)58-49-50(48-57-51(54)45-42-39-36-33-18-15-12-9-6-3)59-53(56)47-44-41-38-35-32-29-24-22-20-17-14-11-8-5-2/h22,24,50H,4-21,23,25-49H2,1-3H3/b24-22-/t50-/m1/s1.